The van der Waals surface area contributed by atoms with Gasteiger partial charge in [-0.05, 0) is 63.2 Å². The molecule has 0 spiro atoms. The zero-order valence-electron chi connectivity index (χ0n) is 27.5. The van der Waals surface area contributed by atoms with Crippen LogP contribution in [0.25, 0.3) is 88.6 Å². The maximum atomic E-state index is 5.36. The van der Waals surface area contributed by atoms with Crippen LogP contribution < -0.4 is 0 Å². The first-order chi connectivity index (χ1) is 25.2. The average molecular weight is 671 g/mol. The van der Waals surface area contributed by atoms with Crippen molar-refractivity contribution in [1.29, 1.82) is 0 Å². The molecule has 0 atom stereocenters. The lowest BCUT2D eigenvalue weighted by Crippen LogP contribution is -2.05. The Labute approximate surface area is 300 Å². The summed E-state index contributed by atoms with van der Waals surface area (Å²) in [5.41, 5.74) is 11.7. The zero-order valence-corrected chi connectivity index (χ0v) is 28.4. The summed E-state index contributed by atoms with van der Waals surface area (Å²) in [6.07, 6.45) is 9.23. The molecule has 0 unspecified atom stereocenters. The van der Waals surface area contributed by atoms with Crippen molar-refractivity contribution in [3.63, 3.8) is 0 Å². The van der Waals surface area contributed by atoms with E-state index < -0.39 is 0 Å². The molecule has 0 saturated heterocycles. The highest BCUT2D eigenvalue weighted by Gasteiger charge is 2.25. The monoisotopic (exact) mass is 670 g/mol. The molecule has 240 valence electrons. The van der Waals surface area contributed by atoms with Crippen LogP contribution in [0.3, 0.4) is 0 Å². The average Bonchev–Trinajstić information content (AvgIpc) is 3.86. The number of rotatable bonds is 5. The maximum absolute atomic E-state index is 5.36. The Bertz CT molecular complexity index is 2870. The van der Waals surface area contributed by atoms with E-state index in [-0.39, 0.29) is 0 Å². The molecular weight excluding hydrogens is 641 g/mol. The number of para-hydroxylation sites is 1. The first kappa shape index (κ1) is 29.6. The van der Waals surface area contributed by atoms with Gasteiger partial charge < -0.3 is 0 Å². The number of aromatic nitrogens is 4. The Morgan fingerprint density at radius 2 is 1.16 bits per heavy atom. The zero-order chi connectivity index (χ0) is 33.9. The predicted octanol–water partition coefficient (Wildman–Crippen LogP) is 11.9. The van der Waals surface area contributed by atoms with Crippen LogP contribution in [0.2, 0.25) is 0 Å². The molecule has 0 amide bonds. The summed E-state index contributed by atoms with van der Waals surface area (Å²) >= 11 is 5.31. The van der Waals surface area contributed by atoms with Gasteiger partial charge in [-0.25, -0.2) is 15.0 Å². The van der Waals surface area contributed by atoms with Gasteiger partial charge in [-0.15, -0.1) is 12.6 Å². The second-order valence-corrected chi connectivity index (χ2v) is 13.4. The van der Waals surface area contributed by atoms with Gasteiger partial charge in [-0.1, -0.05) is 140 Å². The summed E-state index contributed by atoms with van der Waals surface area (Å²) in [4.78, 5) is 16.4. The van der Waals surface area contributed by atoms with Gasteiger partial charge in [0.15, 0.2) is 0 Å². The fourth-order valence-electron chi connectivity index (χ4n) is 7.62. The van der Waals surface area contributed by atoms with E-state index >= 15 is 0 Å². The quantitative estimate of drug-likeness (QED) is 0.185. The summed E-state index contributed by atoms with van der Waals surface area (Å²) in [6, 6.07) is 48.9. The number of benzene rings is 6. The molecule has 0 aliphatic heterocycles. The molecular formula is C46H30N4S. The van der Waals surface area contributed by atoms with Crippen molar-refractivity contribution < 1.29 is 0 Å². The second kappa shape index (κ2) is 11.9. The largest absolute Gasteiger partial charge is 0.260 e. The van der Waals surface area contributed by atoms with Crippen molar-refractivity contribution in [1.82, 2.24) is 19.5 Å². The highest BCUT2D eigenvalue weighted by molar-refractivity contribution is 7.80. The molecule has 1 aliphatic rings. The van der Waals surface area contributed by atoms with Crippen molar-refractivity contribution in [3.05, 3.63) is 170 Å². The number of thiol groups is 1. The molecule has 3 aromatic heterocycles. The van der Waals surface area contributed by atoms with Crippen LogP contribution in [-0.2, 0) is 0 Å². The summed E-state index contributed by atoms with van der Waals surface area (Å²) in [6.45, 7) is 0. The topological polar surface area (TPSA) is 43.6 Å². The predicted molar refractivity (Wildman–Crippen MR) is 214 cm³/mol. The highest BCUT2D eigenvalue weighted by atomic mass is 32.1. The van der Waals surface area contributed by atoms with Gasteiger partial charge in [0, 0.05) is 38.4 Å². The highest BCUT2D eigenvalue weighted by Crippen LogP contribution is 2.45. The third-order valence-electron chi connectivity index (χ3n) is 10.0. The molecule has 51 heavy (non-hydrogen) atoms. The van der Waals surface area contributed by atoms with Gasteiger partial charge in [0.1, 0.15) is 5.65 Å². The lowest BCUT2D eigenvalue weighted by molar-refractivity contribution is 0.990. The SMILES string of the molecule is Sc1c(C2=CC=CC2)c2ccccc2c2c3cccnc3n(-c3nc(-c4ccc(-c5ccc(-c6ccccc6)cc5)cc4)c4ccccc4n3)c12. The van der Waals surface area contributed by atoms with E-state index in [1.54, 1.807) is 0 Å². The van der Waals surface area contributed by atoms with E-state index in [1.807, 2.05) is 30.5 Å². The van der Waals surface area contributed by atoms with Crippen LogP contribution in [0.5, 0.6) is 0 Å². The Balaban J connectivity index is 1.17. The molecule has 0 saturated carbocycles. The van der Waals surface area contributed by atoms with Crippen LogP contribution in [0, 0.1) is 0 Å². The minimum atomic E-state index is 0.568. The van der Waals surface area contributed by atoms with Gasteiger partial charge in [-0.2, -0.15) is 0 Å². The lowest BCUT2D eigenvalue weighted by Gasteiger charge is -2.16. The van der Waals surface area contributed by atoms with Crippen LogP contribution in [0.15, 0.2) is 169 Å². The molecule has 0 N–H and O–H groups in total. The van der Waals surface area contributed by atoms with Crippen LogP contribution in [0.1, 0.15) is 12.0 Å². The van der Waals surface area contributed by atoms with E-state index in [0.29, 0.717) is 5.95 Å². The Morgan fingerprint density at radius 1 is 0.549 bits per heavy atom. The Hall–Kier alpha value is -6.30. The third kappa shape index (κ3) is 4.81. The minimum Gasteiger partial charge on any atom is -0.260 e. The van der Waals surface area contributed by atoms with E-state index in [9.17, 15) is 0 Å². The smallest absolute Gasteiger partial charge is 0.237 e. The molecule has 9 aromatic rings. The lowest BCUT2D eigenvalue weighted by atomic mass is 9.94. The van der Waals surface area contributed by atoms with Crippen LogP contribution in [0.4, 0.5) is 0 Å². The van der Waals surface area contributed by atoms with Crippen molar-refractivity contribution in [2.45, 2.75) is 11.3 Å². The molecule has 0 radical (unpaired) electrons. The number of nitrogens with zero attached hydrogens (tertiary/aromatic N) is 4. The number of allylic oxidation sites excluding steroid dienone is 4. The second-order valence-electron chi connectivity index (χ2n) is 12.9. The fraction of sp³-hybridized carbons (Fsp3) is 0.0217. The standard InChI is InChI=1S/C46H30N4S/c51-44-40(33-13-4-5-14-33)35-15-6-7-16-36(35)41-38-18-10-28-47-45(38)50(43(41)44)46-48-39-19-9-8-17-37(39)42(49-46)34-26-24-32(25-27-34)31-22-20-30(21-23-31)29-11-2-1-3-12-29/h1-13,15-28,51H,14H2. The van der Waals surface area contributed by atoms with Crippen molar-refractivity contribution in [3.8, 4) is 39.5 Å². The fourth-order valence-corrected chi connectivity index (χ4v) is 8.10. The van der Waals surface area contributed by atoms with Crippen LogP contribution in [-0.4, -0.2) is 19.5 Å². The summed E-state index contributed by atoms with van der Waals surface area (Å²) in [7, 11) is 0. The van der Waals surface area contributed by atoms with Crippen LogP contribution >= 0.6 is 12.6 Å². The molecule has 1 aliphatic carbocycles. The molecule has 0 fully saturated rings. The number of hydrogen-bond donors (Lipinski definition) is 1. The van der Waals surface area contributed by atoms with Gasteiger partial charge in [0.2, 0.25) is 5.95 Å². The summed E-state index contributed by atoms with van der Waals surface area (Å²) < 4.78 is 2.12. The van der Waals surface area contributed by atoms with E-state index in [0.717, 1.165) is 66.5 Å². The van der Waals surface area contributed by atoms with Crippen molar-refractivity contribution >= 4 is 61.8 Å². The van der Waals surface area contributed by atoms with E-state index in [4.69, 9.17) is 27.6 Å². The molecule has 10 rings (SSSR count). The van der Waals surface area contributed by atoms with Crippen molar-refractivity contribution in [2.75, 3.05) is 0 Å². The first-order valence-electron chi connectivity index (χ1n) is 17.2. The summed E-state index contributed by atoms with van der Waals surface area (Å²) in [5.74, 6) is 0.568. The van der Waals surface area contributed by atoms with Gasteiger partial charge >= 0.3 is 0 Å². The molecule has 4 nitrogen and oxygen atoms in total. The van der Waals surface area contributed by atoms with E-state index in [2.05, 4.69) is 138 Å². The normalized spacial score (nSPS) is 12.8. The molecule has 5 heteroatoms. The van der Waals surface area contributed by atoms with Crippen molar-refractivity contribution in [2.24, 2.45) is 0 Å². The first-order valence-corrected chi connectivity index (χ1v) is 17.6. The summed E-state index contributed by atoms with van der Waals surface area (Å²) in [5, 5.41) is 5.50. The number of pyridine rings is 1. The third-order valence-corrected chi connectivity index (χ3v) is 10.5. The van der Waals surface area contributed by atoms with Gasteiger partial charge in [0.05, 0.1) is 16.7 Å². The Kier molecular flexibility index (Phi) is 6.93. The minimum absolute atomic E-state index is 0.568. The molecule has 0 bridgehead atoms. The number of hydrogen-bond acceptors (Lipinski definition) is 4. The van der Waals surface area contributed by atoms with E-state index in [1.165, 1.54) is 33.0 Å². The number of fused-ring (bicyclic) bond motifs is 6. The van der Waals surface area contributed by atoms with Gasteiger partial charge in [0.25, 0.3) is 0 Å². The molecule has 3 heterocycles. The maximum Gasteiger partial charge on any atom is 0.237 e. The molecule has 6 aromatic carbocycles. The Morgan fingerprint density at radius 3 is 1.86 bits per heavy atom. The van der Waals surface area contributed by atoms with Gasteiger partial charge in [-0.3, -0.25) is 4.57 Å².